The second-order valence-corrected chi connectivity index (χ2v) is 6.56. The van der Waals surface area contributed by atoms with Gasteiger partial charge < -0.3 is 14.8 Å². The van der Waals surface area contributed by atoms with Crippen molar-refractivity contribution in [2.75, 3.05) is 19.5 Å². The number of nitrogens with one attached hydrogen (secondary N) is 1. The molecule has 0 aliphatic heterocycles. The maximum atomic E-state index is 12.8. The topological polar surface area (TPSA) is 65.4 Å². The number of hydrogen-bond acceptors (Lipinski definition) is 4. The van der Waals surface area contributed by atoms with Crippen molar-refractivity contribution in [1.29, 1.82) is 0 Å². The SMILES string of the molecule is COc1ccc(NC(=O)c2ccc3c(c2)nc(C)n3-c2ccccc2)cc1OC. The summed E-state index contributed by atoms with van der Waals surface area (Å²) in [6.07, 6.45) is 0. The van der Waals surface area contributed by atoms with Crippen molar-refractivity contribution < 1.29 is 14.3 Å². The number of carbonyl (C=O) groups is 1. The zero-order valence-corrected chi connectivity index (χ0v) is 16.5. The third-order valence-electron chi connectivity index (χ3n) is 4.74. The number of amides is 1. The highest BCUT2D eigenvalue weighted by atomic mass is 16.5. The smallest absolute Gasteiger partial charge is 0.255 e. The standard InChI is InChI=1S/C23H21N3O3/c1-15-24-19-13-16(9-11-20(19)26(15)18-7-5-4-6-8-18)23(27)25-17-10-12-21(28-2)22(14-17)29-3/h4-14H,1-3H3,(H,25,27). The first kappa shape index (κ1) is 18.6. The fourth-order valence-electron chi connectivity index (χ4n) is 3.36. The van der Waals surface area contributed by atoms with E-state index in [1.165, 1.54) is 0 Å². The Bertz CT molecular complexity index is 1180. The Hall–Kier alpha value is -3.80. The lowest BCUT2D eigenvalue weighted by molar-refractivity contribution is 0.102. The highest BCUT2D eigenvalue weighted by molar-refractivity contribution is 6.06. The summed E-state index contributed by atoms with van der Waals surface area (Å²) in [6, 6.07) is 20.8. The van der Waals surface area contributed by atoms with E-state index >= 15 is 0 Å². The van der Waals surface area contributed by atoms with Crippen LogP contribution in [0.1, 0.15) is 16.2 Å². The molecule has 0 aliphatic carbocycles. The van der Waals surface area contributed by atoms with Gasteiger partial charge in [-0.15, -0.1) is 0 Å². The molecule has 0 spiro atoms. The molecule has 4 rings (SSSR count). The summed E-state index contributed by atoms with van der Waals surface area (Å²) >= 11 is 0. The molecule has 0 fully saturated rings. The fourth-order valence-corrected chi connectivity index (χ4v) is 3.36. The number of aromatic nitrogens is 2. The Labute approximate surface area is 168 Å². The first-order valence-corrected chi connectivity index (χ1v) is 9.18. The minimum absolute atomic E-state index is 0.217. The third kappa shape index (κ3) is 3.52. The van der Waals surface area contributed by atoms with E-state index in [1.54, 1.807) is 44.6 Å². The quantitative estimate of drug-likeness (QED) is 0.543. The second-order valence-electron chi connectivity index (χ2n) is 6.56. The number of carbonyl (C=O) groups excluding carboxylic acids is 1. The van der Waals surface area contributed by atoms with Gasteiger partial charge in [0.25, 0.3) is 5.91 Å². The Morgan fingerprint density at radius 2 is 1.69 bits per heavy atom. The number of hydrogen-bond donors (Lipinski definition) is 1. The molecule has 146 valence electrons. The van der Waals surface area contributed by atoms with Crippen molar-refractivity contribution in [3.8, 4) is 17.2 Å². The average molecular weight is 387 g/mol. The van der Waals surface area contributed by atoms with Gasteiger partial charge in [0, 0.05) is 23.0 Å². The van der Waals surface area contributed by atoms with Gasteiger partial charge in [0.1, 0.15) is 5.82 Å². The van der Waals surface area contributed by atoms with Crippen LogP contribution in [0.15, 0.2) is 66.7 Å². The number of aryl methyl sites for hydroxylation is 1. The highest BCUT2D eigenvalue weighted by Gasteiger charge is 2.14. The second kappa shape index (κ2) is 7.67. The van der Waals surface area contributed by atoms with Gasteiger partial charge in [-0.3, -0.25) is 9.36 Å². The molecule has 0 aliphatic rings. The molecule has 0 unspecified atom stereocenters. The summed E-state index contributed by atoms with van der Waals surface area (Å²) in [5.41, 5.74) is 3.92. The van der Waals surface area contributed by atoms with Crippen LogP contribution in [0.25, 0.3) is 16.7 Å². The molecule has 1 N–H and O–H groups in total. The first-order chi connectivity index (χ1) is 14.1. The zero-order valence-electron chi connectivity index (χ0n) is 16.5. The fraction of sp³-hybridized carbons (Fsp3) is 0.130. The molecule has 0 atom stereocenters. The minimum Gasteiger partial charge on any atom is -0.493 e. The predicted octanol–water partition coefficient (Wildman–Crippen LogP) is 4.60. The zero-order chi connectivity index (χ0) is 20.4. The number of methoxy groups -OCH3 is 2. The van der Waals surface area contributed by atoms with Crippen LogP contribution in [0, 0.1) is 6.92 Å². The molecule has 0 saturated heterocycles. The summed E-state index contributed by atoms with van der Waals surface area (Å²) in [6.45, 7) is 1.95. The van der Waals surface area contributed by atoms with E-state index in [0.717, 1.165) is 22.5 Å². The first-order valence-electron chi connectivity index (χ1n) is 9.18. The van der Waals surface area contributed by atoms with Crippen LogP contribution in [-0.4, -0.2) is 29.7 Å². The summed E-state index contributed by atoms with van der Waals surface area (Å²) in [7, 11) is 3.13. The molecule has 1 amide bonds. The summed E-state index contributed by atoms with van der Waals surface area (Å²) in [4.78, 5) is 17.4. The van der Waals surface area contributed by atoms with E-state index in [-0.39, 0.29) is 5.91 Å². The number of rotatable bonds is 5. The average Bonchev–Trinajstić information content (AvgIpc) is 3.09. The van der Waals surface area contributed by atoms with Crippen molar-refractivity contribution in [2.45, 2.75) is 6.92 Å². The Kier molecular flexibility index (Phi) is 4.91. The normalized spacial score (nSPS) is 10.7. The Morgan fingerprint density at radius 1 is 0.931 bits per heavy atom. The number of fused-ring (bicyclic) bond motifs is 1. The maximum absolute atomic E-state index is 12.8. The van der Waals surface area contributed by atoms with E-state index in [9.17, 15) is 4.79 Å². The Balaban J connectivity index is 1.64. The van der Waals surface area contributed by atoms with E-state index in [0.29, 0.717) is 22.7 Å². The lowest BCUT2D eigenvalue weighted by atomic mass is 10.1. The monoisotopic (exact) mass is 387 g/mol. The van der Waals surface area contributed by atoms with Gasteiger partial charge in [0.15, 0.2) is 11.5 Å². The number of ether oxygens (including phenoxy) is 2. The minimum atomic E-state index is -0.217. The van der Waals surface area contributed by atoms with Crippen LogP contribution in [0.5, 0.6) is 11.5 Å². The molecule has 1 aromatic heterocycles. The number of imidazole rings is 1. The van der Waals surface area contributed by atoms with Crippen molar-refractivity contribution in [3.05, 3.63) is 78.1 Å². The van der Waals surface area contributed by atoms with E-state index < -0.39 is 0 Å². The van der Waals surface area contributed by atoms with E-state index in [2.05, 4.69) is 14.9 Å². The lowest BCUT2D eigenvalue weighted by Crippen LogP contribution is -2.12. The molecule has 0 bridgehead atoms. The van der Waals surface area contributed by atoms with Crippen molar-refractivity contribution in [3.63, 3.8) is 0 Å². The predicted molar refractivity (Wildman–Crippen MR) is 113 cm³/mol. The van der Waals surface area contributed by atoms with E-state index in [1.807, 2.05) is 43.3 Å². The van der Waals surface area contributed by atoms with Crippen LogP contribution in [0.2, 0.25) is 0 Å². The number of benzene rings is 3. The van der Waals surface area contributed by atoms with Gasteiger partial charge >= 0.3 is 0 Å². The van der Waals surface area contributed by atoms with Crippen LogP contribution in [0.3, 0.4) is 0 Å². The van der Waals surface area contributed by atoms with Gasteiger partial charge in [0.05, 0.1) is 25.3 Å². The van der Waals surface area contributed by atoms with Crippen LogP contribution < -0.4 is 14.8 Å². The molecular formula is C23H21N3O3. The van der Waals surface area contributed by atoms with Gasteiger partial charge in [-0.2, -0.15) is 0 Å². The van der Waals surface area contributed by atoms with Gasteiger partial charge in [-0.05, 0) is 49.4 Å². The number of nitrogens with zero attached hydrogens (tertiary/aromatic N) is 2. The van der Waals surface area contributed by atoms with Crippen LogP contribution in [-0.2, 0) is 0 Å². The molecular weight excluding hydrogens is 366 g/mol. The van der Waals surface area contributed by atoms with Crippen molar-refractivity contribution in [2.24, 2.45) is 0 Å². The largest absolute Gasteiger partial charge is 0.493 e. The maximum Gasteiger partial charge on any atom is 0.255 e. The number of para-hydroxylation sites is 1. The molecule has 6 nitrogen and oxygen atoms in total. The summed E-state index contributed by atoms with van der Waals surface area (Å²) in [5.74, 6) is 1.81. The number of anilines is 1. The Morgan fingerprint density at radius 3 is 2.41 bits per heavy atom. The van der Waals surface area contributed by atoms with E-state index in [4.69, 9.17) is 9.47 Å². The van der Waals surface area contributed by atoms with Crippen LogP contribution in [0.4, 0.5) is 5.69 Å². The van der Waals surface area contributed by atoms with Crippen molar-refractivity contribution >= 4 is 22.6 Å². The third-order valence-corrected chi connectivity index (χ3v) is 4.74. The molecule has 1 heterocycles. The molecule has 4 aromatic rings. The van der Waals surface area contributed by atoms with Crippen molar-refractivity contribution in [1.82, 2.24) is 9.55 Å². The summed E-state index contributed by atoms with van der Waals surface area (Å²) < 4.78 is 12.6. The highest BCUT2D eigenvalue weighted by Crippen LogP contribution is 2.30. The molecule has 0 saturated carbocycles. The van der Waals surface area contributed by atoms with Gasteiger partial charge in [-0.25, -0.2) is 4.98 Å². The molecule has 0 radical (unpaired) electrons. The molecule has 3 aromatic carbocycles. The van der Waals surface area contributed by atoms with Crippen LogP contribution >= 0.6 is 0 Å². The molecule has 6 heteroatoms. The van der Waals surface area contributed by atoms with Gasteiger partial charge in [-0.1, -0.05) is 18.2 Å². The summed E-state index contributed by atoms with van der Waals surface area (Å²) in [5, 5.41) is 2.89. The van der Waals surface area contributed by atoms with Gasteiger partial charge in [0.2, 0.25) is 0 Å². The molecule has 29 heavy (non-hydrogen) atoms. The lowest BCUT2D eigenvalue weighted by Gasteiger charge is -2.11.